The molecule has 0 amide bonds. The van der Waals surface area contributed by atoms with E-state index in [1.165, 1.54) is 5.56 Å². The van der Waals surface area contributed by atoms with Crippen LogP contribution in [-0.2, 0) is 13.1 Å². The van der Waals surface area contributed by atoms with E-state index in [0.29, 0.717) is 6.54 Å². The molecule has 2 aromatic rings. The van der Waals surface area contributed by atoms with Gasteiger partial charge in [0, 0.05) is 57.5 Å². The zero-order valence-corrected chi connectivity index (χ0v) is 18.9. The second-order valence-electron chi connectivity index (χ2n) is 5.76. The van der Waals surface area contributed by atoms with E-state index < -0.39 is 0 Å². The normalized spacial score (nSPS) is 10.8. The SMILES string of the molecule is CN=C(NCc1cccnc1N(C)C)N(C)Cc1ccc(Br)cc1.I. The van der Waals surface area contributed by atoms with Crippen LogP contribution in [0.2, 0.25) is 0 Å². The van der Waals surface area contributed by atoms with Gasteiger partial charge in [-0.3, -0.25) is 4.99 Å². The Hall–Kier alpha value is -1.35. The van der Waals surface area contributed by atoms with Crippen LogP contribution < -0.4 is 10.2 Å². The van der Waals surface area contributed by atoms with Gasteiger partial charge in [0.1, 0.15) is 5.82 Å². The molecule has 0 bridgehead atoms. The lowest BCUT2D eigenvalue weighted by Gasteiger charge is -2.23. The van der Waals surface area contributed by atoms with Gasteiger partial charge in [0.2, 0.25) is 0 Å². The van der Waals surface area contributed by atoms with E-state index in [-0.39, 0.29) is 24.0 Å². The predicted octanol–water partition coefficient (Wildman–Crippen LogP) is 3.74. The number of anilines is 1. The van der Waals surface area contributed by atoms with Crippen LogP contribution in [0.1, 0.15) is 11.1 Å². The molecule has 25 heavy (non-hydrogen) atoms. The molecule has 7 heteroatoms. The topological polar surface area (TPSA) is 43.8 Å². The fourth-order valence-electron chi connectivity index (χ4n) is 2.47. The number of aromatic nitrogens is 1. The molecule has 0 fully saturated rings. The van der Waals surface area contributed by atoms with Gasteiger partial charge < -0.3 is 15.1 Å². The van der Waals surface area contributed by atoms with Gasteiger partial charge in [0.25, 0.3) is 0 Å². The van der Waals surface area contributed by atoms with Crippen LogP contribution in [0.5, 0.6) is 0 Å². The van der Waals surface area contributed by atoms with Crippen molar-refractivity contribution in [3.63, 3.8) is 0 Å². The molecule has 0 saturated heterocycles. The minimum Gasteiger partial charge on any atom is -0.362 e. The molecule has 0 atom stereocenters. The molecule has 0 spiro atoms. The number of pyridine rings is 1. The van der Waals surface area contributed by atoms with Crippen LogP contribution in [0.25, 0.3) is 0 Å². The van der Waals surface area contributed by atoms with Gasteiger partial charge in [-0.05, 0) is 23.8 Å². The summed E-state index contributed by atoms with van der Waals surface area (Å²) in [6, 6.07) is 12.4. The number of hydrogen-bond donors (Lipinski definition) is 1. The van der Waals surface area contributed by atoms with Crippen molar-refractivity contribution in [3.05, 3.63) is 58.2 Å². The molecule has 1 N–H and O–H groups in total. The van der Waals surface area contributed by atoms with Crippen LogP contribution in [0.4, 0.5) is 5.82 Å². The first-order valence-corrected chi connectivity index (χ1v) is 8.58. The first-order valence-electron chi connectivity index (χ1n) is 7.78. The third-order valence-electron chi connectivity index (χ3n) is 3.63. The molecule has 136 valence electrons. The number of guanidine groups is 1. The molecular formula is C18H25BrIN5. The van der Waals surface area contributed by atoms with E-state index in [1.807, 2.05) is 38.3 Å². The van der Waals surface area contributed by atoms with E-state index in [9.17, 15) is 0 Å². The number of hydrogen-bond acceptors (Lipinski definition) is 3. The summed E-state index contributed by atoms with van der Waals surface area (Å²) in [5, 5.41) is 3.41. The van der Waals surface area contributed by atoms with Gasteiger partial charge in [0.05, 0.1) is 0 Å². The maximum absolute atomic E-state index is 4.43. The highest BCUT2D eigenvalue weighted by Crippen LogP contribution is 2.14. The van der Waals surface area contributed by atoms with Crippen LogP contribution in [0.3, 0.4) is 0 Å². The number of halogens is 2. The third kappa shape index (κ3) is 6.47. The van der Waals surface area contributed by atoms with E-state index in [1.54, 1.807) is 7.05 Å². The van der Waals surface area contributed by atoms with Crippen molar-refractivity contribution in [2.24, 2.45) is 4.99 Å². The lowest BCUT2D eigenvalue weighted by atomic mass is 10.2. The van der Waals surface area contributed by atoms with Crippen LogP contribution in [-0.4, -0.2) is 44.0 Å². The van der Waals surface area contributed by atoms with E-state index >= 15 is 0 Å². The molecular weight excluding hydrogens is 493 g/mol. The van der Waals surface area contributed by atoms with Crippen LogP contribution in [0.15, 0.2) is 52.1 Å². The highest BCUT2D eigenvalue weighted by molar-refractivity contribution is 14.0. The Morgan fingerprint density at radius 3 is 2.44 bits per heavy atom. The van der Waals surface area contributed by atoms with Crippen molar-refractivity contribution in [3.8, 4) is 0 Å². The predicted molar refractivity (Wildman–Crippen MR) is 120 cm³/mol. The zero-order chi connectivity index (χ0) is 17.5. The molecule has 0 saturated carbocycles. The summed E-state index contributed by atoms with van der Waals surface area (Å²) in [6.45, 7) is 1.47. The fourth-order valence-corrected chi connectivity index (χ4v) is 2.73. The van der Waals surface area contributed by atoms with E-state index in [0.717, 1.165) is 28.4 Å². The summed E-state index contributed by atoms with van der Waals surface area (Å²) in [4.78, 5) is 12.9. The Labute approximate surface area is 175 Å². The van der Waals surface area contributed by atoms with Gasteiger partial charge in [-0.2, -0.15) is 0 Å². The highest BCUT2D eigenvalue weighted by atomic mass is 127. The fraction of sp³-hybridized carbons (Fsp3) is 0.333. The molecule has 0 aliphatic rings. The van der Waals surface area contributed by atoms with Crippen molar-refractivity contribution >= 4 is 51.7 Å². The van der Waals surface area contributed by atoms with Crippen molar-refractivity contribution < 1.29 is 0 Å². The molecule has 0 aliphatic carbocycles. The first kappa shape index (κ1) is 21.7. The van der Waals surface area contributed by atoms with Gasteiger partial charge in [-0.15, -0.1) is 24.0 Å². The van der Waals surface area contributed by atoms with E-state index in [2.05, 4.69) is 66.5 Å². The molecule has 2 rings (SSSR count). The summed E-state index contributed by atoms with van der Waals surface area (Å²) < 4.78 is 1.09. The number of aliphatic imine (C=N–C) groups is 1. The standard InChI is InChI=1S/C18H24BrN5.HI/c1-20-18(24(4)13-14-7-9-16(19)10-8-14)22-12-15-6-5-11-21-17(15)23(2)3;/h5-11H,12-13H2,1-4H3,(H,20,22);1H. The van der Waals surface area contributed by atoms with Crippen molar-refractivity contribution in [1.82, 2.24) is 15.2 Å². The zero-order valence-electron chi connectivity index (χ0n) is 15.0. The average molecular weight is 518 g/mol. The molecule has 1 aromatic carbocycles. The van der Waals surface area contributed by atoms with E-state index in [4.69, 9.17) is 0 Å². The average Bonchev–Trinajstić information content (AvgIpc) is 2.57. The summed E-state index contributed by atoms with van der Waals surface area (Å²) in [5.74, 6) is 1.82. The third-order valence-corrected chi connectivity index (χ3v) is 4.16. The van der Waals surface area contributed by atoms with Crippen molar-refractivity contribution in [2.45, 2.75) is 13.1 Å². The summed E-state index contributed by atoms with van der Waals surface area (Å²) >= 11 is 3.46. The van der Waals surface area contributed by atoms with Gasteiger partial charge in [-0.25, -0.2) is 4.98 Å². The first-order chi connectivity index (χ1) is 11.5. The second kappa shape index (κ2) is 10.6. The number of benzene rings is 1. The second-order valence-corrected chi connectivity index (χ2v) is 6.68. The Morgan fingerprint density at radius 1 is 1.16 bits per heavy atom. The number of nitrogens with one attached hydrogen (secondary N) is 1. The summed E-state index contributed by atoms with van der Waals surface area (Å²) in [5.41, 5.74) is 2.37. The van der Waals surface area contributed by atoms with Crippen LogP contribution in [0, 0.1) is 0 Å². The van der Waals surface area contributed by atoms with Crippen molar-refractivity contribution in [2.75, 3.05) is 33.1 Å². The van der Waals surface area contributed by atoms with Gasteiger partial charge in [-0.1, -0.05) is 34.1 Å². The summed E-state index contributed by atoms with van der Waals surface area (Å²) in [7, 11) is 7.84. The quantitative estimate of drug-likeness (QED) is 0.373. The Bertz CT molecular complexity index is 688. The van der Waals surface area contributed by atoms with Crippen molar-refractivity contribution in [1.29, 1.82) is 0 Å². The Balaban J connectivity index is 0.00000312. The lowest BCUT2D eigenvalue weighted by molar-refractivity contribution is 0.476. The molecule has 5 nitrogen and oxygen atoms in total. The maximum atomic E-state index is 4.43. The molecule has 0 unspecified atom stereocenters. The minimum atomic E-state index is 0. The maximum Gasteiger partial charge on any atom is 0.193 e. The van der Waals surface area contributed by atoms with Gasteiger partial charge >= 0.3 is 0 Å². The molecule has 1 heterocycles. The monoisotopic (exact) mass is 517 g/mol. The largest absolute Gasteiger partial charge is 0.362 e. The smallest absolute Gasteiger partial charge is 0.193 e. The number of nitrogens with zero attached hydrogens (tertiary/aromatic N) is 4. The molecule has 0 radical (unpaired) electrons. The molecule has 0 aliphatic heterocycles. The van der Waals surface area contributed by atoms with Crippen LogP contribution >= 0.6 is 39.9 Å². The van der Waals surface area contributed by atoms with Gasteiger partial charge in [0.15, 0.2) is 5.96 Å². The Kier molecular flexibility index (Phi) is 9.20. The Morgan fingerprint density at radius 2 is 1.84 bits per heavy atom. The summed E-state index contributed by atoms with van der Waals surface area (Å²) in [6.07, 6.45) is 1.81. The number of rotatable bonds is 5. The highest BCUT2D eigenvalue weighted by Gasteiger charge is 2.09. The molecule has 1 aromatic heterocycles. The lowest BCUT2D eigenvalue weighted by Crippen LogP contribution is -2.38. The minimum absolute atomic E-state index is 0.